The number of aromatic nitrogens is 1. The van der Waals surface area contributed by atoms with Crippen LogP contribution < -0.4 is 0 Å². The molecular formula is C11H8FNO3. The number of carboxylic acid groups (broad SMARTS) is 1. The highest BCUT2D eigenvalue weighted by molar-refractivity contribution is 5.92. The van der Waals surface area contributed by atoms with Crippen molar-refractivity contribution in [2.45, 2.75) is 6.92 Å². The van der Waals surface area contributed by atoms with Crippen LogP contribution in [0.4, 0.5) is 4.39 Å². The number of rotatable bonds is 2. The molecule has 2 aromatic rings. The Morgan fingerprint density at radius 3 is 2.94 bits per heavy atom. The summed E-state index contributed by atoms with van der Waals surface area (Å²) in [5, 5.41) is 8.83. The minimum Gasteiger partial charge on any atom is -0.476 e. The van der Waals surface area contributed by atoms with Gasteiger partial charge in [-0.25, -0.2) is 14.2 Å². The van der Waals surface area contributed by atoms with Crippen molar-refractivity contribution in [3.8, 4) is 11.3 Å². The lowest BCUT2D eigenvalue weighted by molar-refractivity contribution is 0.0691. The van der Waals surface area contributed by atoms with Crippen LogP contribution in [0.1, 0.15) is 16.1 Å². The molecule has 0 spiro atoms. The zero-order valence-electron chi connectivity index (χ0n) is 8.40. The fourth-order valence-corrected chi connectivity index (χ4v) is 1.41. The Balaban J connectivity index is 2.63. The molecule has 82 valence electrons. The summed E-state index contributed by atoms with van der Waals surface area (Å²) in [6.07, 6.45) is 0.987. The van der Waals surface area contributed by atoms with Crippen molar-refractivity contribution in [1.29, 1.82) is 0 Å². The van der Waals surface area contributed by atoms with Crippen LogP contribution in [0.15, 0.2) is 29.0 Å². The summed E-state index contributed by atoms with van der Waals surface area (Å²) < 4.78 is 18.6. The molecule has 1 N–H and O–H groups in total. The van der Waals surface area contributed by atoms with Crippen molar-refractivity contribution in [3.05, 3.63) is 41.7 Å². The van der Waals surface area contributed by atoms with Crippen LogP contribution in [-0.2, 0) is 0 Å². The summed E-state index contributed by atoms with van der Waals surface area (Å²) in [6.45, 7) is 1.59. The molecule has 4 nitrogen and oxygen atoms in total. The van der Waals surface area contributed by atoms with Crippen LogP contribution in [0.25, 0.3) is 11.3 Å². The van der Waals surface area contributed by atoms with Crippen molar-refractivity contribution in [3.63, 3.8) is 0 Å². The highest BCUT2D eigenvalue weighted by Crippen LogP contribution is 2.27. The number of aromatic carboxylic acids is 1. The number of halogens is 1. The predicted octanol–water partition coefficient (Wildman–Crippen LogP) is 2.49. The third-order valence-corrected chi connectivity index (χ3v) is 2.21. The van der Waals surface area contributed by atoms with Gasteiger partial charge in [0, 0.05) is 0 Å². The largest absolute Gasteiger partial charge is 0.476 e. The van der Waals surface area contributed by atoms with Gasteiger partial charge in [0.05, 0.1) is 5.56 Å². The summed E-state index contributed by atoms with van der Waals surface area (Å²) in [6, 6.07) is 4.67. The summed E-state index contributed by atoms with van der Waals surface area (Å²) in [5.41, 5.74) is 0.240. The van der Waals surface area contributed by atoms with E-state index in [4.69, 9.17) is 9.52 Å². The number of nitrogens with zero attached hydrogens (tertiary/aromatic N) is 1. The zero-order valence-corrected chi connectivity index (χ0v) is 8.40. The topological polar surface area (TPSA) is 63.3 Å². The Morgan fingerprint density at radius 2 is 2.25 bits per heavy atom. The summed E-state index contributed by atoms with van der Waals surface area (Å²) in [5.74, 6) is -1.81. The maximum atomic E-state index is 13.7. The van der Waals surface area contributed by atoms with Gasteiger partial charge in [0.1, 0.15) is 5.82 Å². The van der Waals surface area contributed by atoms with Crippen molar-refractivity contribution < 1.29 is 18.7 Å². The summed E-state index contributed by atoms with van der Waals surface area (Å²) in [4.78, 5) is 14.3. The highest BCUT2D eigenvalue weighted by atomic mass is 19.1. The summed E-state index contributed by atoms with van der Waals surface area (Å²) >= 11 is 0. The van der Waals surface area contributed by atoms with Crippen molar-refractivity contribution in [1.82, 2.24) is 4.98 Å². The molecule has 1 aromatic carbocycles. The van der Waals surface area contributed by atoms with Gasteiger partial charge in [0.2, 0.25) is 0 Å². The number of aryl methyl sites for hydroxylation is 1. The number of carbonyl (C=O) groups is 1. The van der Waals surface area contributed by atoms with Crippen LogP contribution in [0, 0.1) is 12.7 Å². The number of hydrogen-bond acceptors (Lipinski definition) is 3. The average Bonchev–Trinajstić information content (AvgIpc) is 2.70. The molecule has 0 aliphatic carbocycles. The second kappa shape index (κ2) is 3.77. The van der Waals surface area contributed by atoms with Gasteiger partial charge in [0.15, 0.2) is 17.8 Å². The van der Waals surface area contributed by atoms with E-state index in [1.807, 2.05) is 0 Å². The SMILES string of the molecule is Cc1cccc(-c2ocnc2C(=O)O)c1F. The first kappa shape index (κ1) is 10.4. The predicted molar refractivity (Wildman–Crippen MR) is 53.6 cm³/mol. The van der Waals surface area contributed by atoms with E-state index in [1.54, 1.807) is 19.1 Å². The van der Waals surface area contributed by atoms with E-state index in [0.717, 1.165) is 6.39 Å². The van der Waals surface area contributed by atoms with E-state index in [0.29, 0.717) is 5.56 Å². The lowest BCUT2D eigenvalue weighted by Gasteiger charge is -2.02. The second-order valence-corrected chi connectivity index (χ2v) is 3.27. The number of oxazole rings is 1. The van der Waals surface area contributed by atoms with Gasteiger partial charge in [-0.3, -0.25) is 0 Å². The normalized spacial score (nSPS) is 10.4. The standard InChI is InChI=1S/C11H8FNO3/c1-6-3-2-4-7(8(6)12)10-9(11(14)15)13-5-16-10/h2-5H,1H3,(H,14,15). The molecule has 0 atom stereocenters. The van der Waals surface area contributed by atoms with E-state index in [1.165, 1.54) is 6.07 Å². The van der Waals surface area contributed by atoms with E-state index < -0.39 is 11.8 Å². The first-order chi connectivity index (χ1) is 7.61. The third-order valence-electron chi connectivity index (χ3n) is 2.21. The number of hydrogen-bond donors (Lipinski definition) is 1. The van der Waals surface area contributed by atoms with Crippen molar-refractivity contribution in [2.75, 3.05) is 0 Å². The third kappa shape index (κ3) is 1.56. The maximum Gasteiger partial charge on any atom is 0.358 e. The van der Waals surface area contributed by atoms with Gasteiger partial charge in [-0.15, -0.1) is 0 Å². The molecule has 0 saturated heterocycles. The molecule has 0 aliphatic rings. The molecule has 0 aliphatic heterocycles. The molecule has 0 unspecified atom stereocenters. The average molecular weight is 221 g/mol. The highest BCUT2D eigenvalue weighted by Gasteiger charge is 2.20. The molecular weight excluding hydrogens is 213 g/mol. The summed E-state index contributed by atoms with van der Waals surface area (Å²) in [7, 11) is 0. The van der Waals surface area contributed by atoms with E-state index in [-0.39, 0.29) is 17.0 Å². The first-order valence-electron chi connectivity index (χ1n) is 4.53. The Morgan fingerprint density at radius 1 is 1.50 bits per heavy atom. The quantitative estimate of drug-likeness (QED) is 0.846. The van der Waals surface area contributed by atoms with Gasteiger partial charge < -0.3 is 9.52 Å². The minimum atomic E-state index is -1.25. The van der Waals surface area contributed by atoms with Gasteiger partial charge >= 0.3 is 5.97 Å². The molecule has 0 radical (unpaired) electrons. The molecule has 0 bridgehead atoms. The molecule has 1 aromatic heterocycles. The Bertz CT molecular complexity index is 548. The lowest BCUT2D eigenvalue weighted by Crippen LogP contribution is -1.99. The smallest absolute Gasteiger partial charge is 0.358 e. The number of benzene rings is 1. The van der Waals surface area contributed by atoms with Gasteiger partial charge in [-0.2, -0.15) is 0 Å². The molecule has 16 heavy (non-hydrogen) atoms. The molecule has 1 heterocycles. The Hall–Kier alpha value is -2.17. The minimum absolute atomic E-state index is 0.0614. The molecule has 2 rings (SSSR count). The zero-order chi connectivity index (χ0) is 11.7. The molecule has 5 heteroatoms. The van der Waals surface area contributed by atoms with Crippen LogP contribution >= 0.6 is 0 Å². The van der Waals surface area contributed by atoms with Crippen LogP contribution in [0.3, 0.4) is 0 Å². The van der Waals surface area contributed by atoms with E-state index >= 15 is 0 Å². The fraction of sp³-hybridized carbons (Fsp3) is 0.0909. The molecule has 0 fully saturated rings. The van der Waals surface area contributed by atoms with E-state index in [2.05, 4.69) is 4.98 Å². The second-order valence-electron chi connectivity index (χ2n) is 3.27. The molecule has 0 amide bonds. The van der Waals surface area contributed by atoms with Crippen molar-refractivity contribution >= 4 is 5.97 Å². The Kier molecular flexibility index (Phi) is 2.44. The van der Waals surface area contributed by atoms with Gasteiger partial charge in [0.25, 0.3) is 0 Å². The fourth-order valence-electron chi connectivity index (χ4n) is 1.41. The van der Waals surface area contributed by atoms with Crippen molar-refractivity contribution in [2.24, 2.45) is 0 Å². The molecule has 0 saturated carbocycles. The monoisotopic (exact) mass is 221 g/mol. The number of carboxylic acids is 1. The lowest BCUT2D eigenvalue weighted by atomic mass is 10.1. The van der Waals surface area contributed by atoms with Gasteiger partial charge in [-0.1, -0.05) is 12.1 Å². The maximum absolute atomic E-state index is 13.7. The van der Waals surface area contributed by atoms with Crippen LogP contribution in [-0.4, -0.2) is 16.1 Å². The van der Waals surface area contributed by atoms with E-state index in [9.17, 15) is 9.18 Å². The van der Waals surface area contributed by atoms with Crippen LogP contribution in [0.5, 0.6) is 0 Å². The van der Waals surface area contributed by atoms with Crippen LogP contribution in [0.2, 0.25) is 0 Å². The van der Waals surface area contributed by atoms with Gasteiger partial charge in [-0.05, 0) is 18.6 Å². The Labute approximate surface area is 90.4 Å². The first-order valence-corrected chi connectivity index (χ1v) is 4.53.